The number of thiophene rings is 1. The third-order valence-corrected chi connectivity index (χ3v) is 7.67. The Balaban J connectivity index is 1.51. The number of nitrogens with one attached hydrogen (secondary N) is 1. The van der Waals surface area contributed by atoms with Crippen LogP contribution in [0.5, 0.6) is 0 Å². The zero-order valence-electron chi connectivity index (χ0n) is 19.1. The van der Waals surface area contributed by atoms with Crippen molar-refractivity contribution >= 4 is 28.9 Å². The summed E-state index contributed by atoms with van der Waals surface area (Å²) in [6, 6.07) is 16.2. The molecule has 4 rings (SSSR count). The van der Waals surface area contributed by atoms with E-state index in [0.29, 0.717) is 32.1 Å². The number of aryl methyl sites for hydroxylation is 2. The number of carbonyl (C=O) groups excluding carboxylic acids is 1. The Morgan fingerprint density at radius 3 is 2.36 bits per heavy atom. The normalized spacial score (nSPS) is 18.1. The fourth-order valence-corrected chi connectivity index (χ4v) is 5.86. The molecule has 1 heterocycles. The summed E-state index contributed by atoms with van der Waals surface area (Å²) in [5, 5.41) is 12.4. The van der Waals surface area contributed by atoms with E-state index >= 15 is 0 Å². The minimum absolute atomic E-state index is 0.0290. The summed E-state index contributed by atoms with van der Waals surface area (Å²) in [5.41, 5.74) is 12.1. The number of hydrogen-bond acceptors (Lipinski definition) is 4. The summed E-state index contributed by atoms with van der Waals surface area (Å²) in [7, 11) is 0. The molecular weight excluding hydrogens is 432 g/mol. The average Bonchev–Trinajstić information content (AvgIpc) is 3.07. The van der Waals surface area contributed by atoms with Crippen molar-refractivity contribution in [2.45, 2.75) is 52.0 Å². The molecule has 0 aliphatic heterocycles. The van der Waals surface area contributed by atoms with Gasteiger partial charge in [-0.3, -0.25) is 9.59 Å². The molecule has 0 spiro atoms. The van der Waals surface area contributed by atoms with Crippen LogP contribution in [-0.2, 0) is 11.2 Å². The Hall–Kier alpha value is -3.12. The molecule has 0 bridgehead atoms. The fourth-order valence-electron chi connectivity index (χ4n) is 4.79. The first-order chi connectivity index (χ1) is 15.8. The molecule has 172 valence electrons. The lowest BCUT2D eigenvalue weighted by Gasteiger charge is -2.27. The smallest absolute Gasteiger partial charge is 0.306 e. The molecule has 0 unspecified atom stereocenters. The number of benzene rings is 2. The number of carboxylic acids is 1. The van der Waals surface area contributed by atoms with E-state index in [2.05, 4.69) is 24.4 Å². The highest BCUT2D eigenvalue weighted by Crippen LogP contribution is 2.33. The fraction of sp³-hybridized carbons (Fsp3) is 0.333. The van der Waals surface area contributed by atoms with Gasteiger partial charge in [0.15, 0.2) is 0 Å². The summed E-state index contributed by atoms with van der Waals surface area (Å²) in [5.74, 6) is -1.08. The number of nitrogen functional groups attached to an aromatic ring is 1. The molecule has 1 amide bonds. The highest BCUT2D eigenvalue weighted by atomic mass is 32.1. The zero-order valence-corrected chi connectivity index (χ0v) is 19.9. The quantitative estimate of drug-likeness (QED) is 0.417. The van der Waals surface area contributed by atoms with Crippen LogP contribution >= 0.6 is 11.3 Å². The van der Waals surface area contributed by atoms with Crippen LogP contribution in [0.1, 0.15) is 56.9 Å². The molecule has 1 aliphatic carbocycles. The van der Waals surface area contributed by atoms with E-state index in [1.54, 1.807) is 11.3 Å². The molecule has 1 fully saturated rings. The highest BCUT2D eigenvalue weighted by Gasteiger charge is 2.28. The van der Waals surface area contributed by atoms with E-state index in [9.17, 15) is 14.7 Å². The number of nitrogens with two attached hydrogens (primary N) is 1. The van der Waals surface area contributed by atoms with Crippen LogP contribution in [0.3, 0.4) is 0 Å². The summed E-state index contributed by atoms with van der Waals surface area (Å²) in [6.45, 7) is 4.05. The molecule has 4 N–H and O–H groups in total. The molecule has 1 aromatic heterocycles. The standard InChI is InChI=1S/C27H30N2O3S/c1-16-23(14-18-8-13-22(24(28)15-18)19-6-4-3-5-7-19)25(17(2)33-16)26(30)29-21-11-9-20(10-12-21)27(31)32/h3-8,13,15,20-21H,9-12,14,28H2,1-2H3,(H,29,30)(H,31,32). The van der Waals surface area contributed by atoms with Crippen LogP contribution in [0.25, 0.3) is 11.1 Å². The number of carbonyl (C=O) groups is 2. The lowest BCUT2D eigenvalue weighted by atomic mass is 9.86. The van der Waals surface area contributed by atoms with Crippen LogP contribution in [0.4, 0.5) is 5.69 Å². The summed E-state index contributed by atoms with van der Waals surface area (Å²) in [6.07, 6.45) is 3.28. The molecule has 2 aromatic carbocycles. The topological polar surface area (TPSA) is 92.4 Å². The summed E-state index contributed by atoms with van der Waals surface area (Å²) in [4.78, 5) is 26.6. The van der Waals surface area contributed by atoms with Gasteiger partial charge in [0.05, 0.1) is 11.5 Å². The van der Waals surface area contributed by atoms with Gasteiger partial charge >= 0.3 is 5.97 Å². The van der Waals surface area contributed by atoms with Crippen molar-refractivity contribution in [3.05, 3.63) is 75.0 Å². The summed E-state index contributed by atoms with van der Waals surface area (Å²) < 4.78 is 0. The van der Waals surface area contributed by atoms with Gasteiger partial charge in [-0.25, -0.2) is 0 Å². The van der Waals surface area contributed by atoms with Crippen molar-refractivity contribution in [3.8, 4) is 11.1 Å². The maximum Gasteiger partial charge on any atom is 0.306 e. The van der Waals surface area contributed by atoms with Crippen LogP contribution in [0.2, 0.25) is 0 Å². The van der Waals surface area contributed by atoms with Gasteiger partial charge in [-0.2, -0.15) is 0 Å². The molecule has 3 aromatic rings. The lowest BCUT2D eigenvalue weighted by Crippen LogP contribution is -2.39. The number of amides is 1. The highest BCUT2D eigenvalue weighted by molar-refractivity contribution is 7.12. The SMILES string of the molecule is Cc1sc(C)c(C(=O)NC2CCC(C(=O)O)CC2)c1Cc1ccc(-c2ccccc2)c(N)c1. The number of rotatable bonds is 6. The van der Waals surface area contributed by atoms with Crippen LogP contribution in [0, 0.1) is 19.8 Å². The third-order valence-electron chi connectivity index (χ3n) is 6.61. The molecule has 0 saturated heterocycles. The van der Waals surface area contributed by atoms with E-state index in [0.717, 1.165) is 43.3 Å². The van der Waals surface area contributed by atoms with Gasteiger partial charge in [0.1, 0.15) is 0 Å². The molecule has 6 heteroatoms. The van der Waals surface area contributed by atoms with Gasteiger partial charge in [0.25, 0.3) is 5.91 Å². The second kappa shape index (κ2) is 9.79. The minimum Gasteiger partial charge on any atom is -0.481 e. The average molecular weight is 463 g/mol. The number of hydrogen-bond donors (Lipinski definition) is 3. The molecule has 1 saturated carbocycles. The first-order valence-electron chi connectivity index (χ1n) is 11.4. The van der Waals surface area contributed by atoms with Crippen LogP contribution in [-0.4, -0.2) is 23.0 Å². The van der Waals surface area contributed by atoms with Crippen molar-refractivity contribution in [1.29, 1.82) is 0 Å². The monoisotopic (exact) mass is 462 g/mol. The van der Waals surface area contributed by atoms with Gasteiger partial charge in [-0.05, 0) is 68.7 Å². The first-order valence-corrected chi connectivity index (χ1v) is 12.2. The Morgan fingerprint density at radius 1 is 1.03 bits per heavy atom. The minimum atomic E-state index is -0.732. The molecule has 0 radical (unpaired) electrons. The number of carboxylic acid groups (broad SMARTS) is 1. The van der Waals surface area contributed by atoms with E-state index in [-0.39, 0.29) is 17.9 Å². The molecule has 33 heavy (non-hydrogen) atoms. The van der Waals surface area contributed by atoms with Gasteiger partial charge in [0.2, 0.25) is 0 Å². The summed E-state index contributed by atoms with van der Waals surface area (Å²) >= 11 is 1.64. The lowest BCUT2D eigenvalue weighted by molar-refractivity contribution is -0.142. The number of anilines is 1. The van der Waals surface area contributed by atoms with Crippen LogP contribution in [0.15, 0.2) is 48.5 Å². The van der Waals surface area contributed by atoms with Gasteiger partial charge < -0.3 is 16.2 Å². The Bertz CT molecular complexity index is 1160. The third kappa shape index (κ3) is 5.11. The second-order valence-electron chi connectivity index (χ2n) is 8.89. The van der Waals surface area contributed by atoms with Crippen molar-refractivity contribution < 1.29 is 14.7 Å². The maximum absolute atomic E-state index is 13.2. The Morgan fingerprint density at radius 2 is 1.73 bits per heavy atom. The van der Waals surface area contributed by atoms with Gasteiger partial charge in [0, 0.05) is 27.0 Å². The zero-order chi connectivity index (χ0) is 23.5. The van der Waals surface area contributed by atoms with E-state index < -0.39 is 5.97 Å². The van der Waals surface area contributed by atoms with Crippen molar-refractivity contribution in [2.75, 3.05) is 5.73 Å². The van der Waals surface area contributed by atoms with E-state index in [1.807, 2.05) is 43.3 Å². The Kier molecular flexibility index (Phi) is 6.84. The van der Waals surface area contributed by atoms with Crippen molar-refractivity contribution in [3.63, 3.8) is 0 Å². The van der Waals surface area contributed by atoms with Crippen molar-refractivity contribution in [2.24, 2.45) is 5.92 Å². The largest absolute Gasteiger partial charge is 0.481 e. The van der Waals surface area contributed by atoms with Crippen LogP contribution < -0.4 is 11.1 Å². The molecular formula is C27H30N2O3S. The molecule has 1 aliphatic rings. The molecule has 5 nitrogen and oxygen atoms in total. The maximum atomic E-state index is 13.2. The van der Waals surface area contributed by atoms with E-state index in [1.165, 1.54) is 0 Å². The first kappa shape index (κ1) is 23.1. The van der Waals surface area contributed by atoms with Gasteiger partial charge in [-0.1, -0.05) is 42.5 Å². The Labute approximate surface area is 198 Å². The van der Waals surface area contributed by atoms with Gasteiger partial charge in [-0.15, -0.1) is 11.3 Å². The molecule has 0 atom stereocenters. The predicted molar refractivity (Wildman–Crippen MR) is 134 cm³/mol. The van der Waals surface area contributed by atoms with Crippen molar-refractivity contribution in [1.82, 2.24) is 5.32 Å². The van der Waals surface area contributed by atoms with E-state index in [4.69, 9.17) is 5.73 Å². The second-order valence-corrected chi connectivity index (χ2v) is 10.3. The predicted octanol–water partition coefficient (Wildman–Crippen LogP) is 5.58. The number of aliphatic carboxylic acids is 1.